The lowest BCUT2D eigenvalue weighted by Crippen LogP contribution is -2.13. The molecule has 2 rings (SSSR count). The average molecular weight is 227 g/mol. The van der Waals surface area contributed by atoms with Crippen molar-refractivity contribution in [2.45, 2.75) is 27.2 Å². The average Bonchev–Trinajstić information content (AvgIpc) is 2.26. The molecule has 0 aliphatic rings. The Balaban J connectivity index is 2.45. The van der Waals surface area contributed by atoms with E-state index in [1.165, 1.54) is 0 Å². The van der Waals surface area contributed by atoms with Crippen LogP contribution in [0.25, 0.3) is 10.8 Å². The van der Waals surface area contributed by atoms with Crippen molar-refractivity contribution in [3.05, 3.63) is 42.2 Å². The summed E-state index contributed by atoms with van der Waals surface area (Å²) in [5.74, 6) is 0.191. The number of hydrogen-bond acceptors (Lipinski definition) is 2. The molecular weight excluding hydrogens is 210 g/mol. The molecule has 2 nitrogen and oxygen atoms in total. The van der Waals surface area contributed by atoms with Gasteiger partial charge in [0, 0.05) is 29.8 Å². The predicted octanol–water partition coefficient (Wildman–Crippen LogP) is 3.85. The van der Waals surface area contributed by atoms with Gasteiger partial charge in [-0.05, 0) is 16.9 Å². The lowest BCUT2D eigenvalue weighted by atomic mass is 9.87. The number of nitrogens with zero attached hydrogens (tertiary/aromatic N) is 1. The van der Waals surface area contributed by atoms with Crippen LogP contribution in [-0.4, -0.2) is 10.8 Å². The fourth-order valence-electron chi connectivity index (χ4n) is 1.93. The van der Waals surface area contributed by atoms with Crippen LogP contribution >= 0.6 is 0 Å². The summed E-state index contributed by atoms with van der Waals surface area (Å²) in [5, 5.41) is 2.02. The Labute approximate surface area is 102 Å². The normalized spacial score (nSPS) is 11.7. The van der Waals surface area contributed by atoms with Gasteiger partial charge < -0.3 is 0 Å². The Kier molecular flexibility index (Phi) is 2.97. The molecule has 0 aliphatic heterocycles. The van der Waals surface area contributed by atoms with E-state index in [9.17, 15) is 4.79 Å². The van der Waals surface area contributed by atoms with Crippen LogP contribution in [0, 0.1) is 5.41 Å². The van der Waals surface area contributed by atoms with Crippen LogP contribution < -0.4 is 0 Å². The van der Waals surface area contributed by atoms with Gasteiger partial charge in [0.05, 0.1) is 0 Å². The van der Waals surface area contributed by atoms with Crippen LogP contribution in [0.1, 0.15) is 37.6 Å². The molecule has 88 valence electrons. The van der Waals surface area contributed by atoms with Crippen molar-refractivity contribution in [1.82, 2.24) is 4.98 Å². The minimum absolute atomic E-state index is 0.0153. The van der Waals surface area contributed by atoms with E-state index in [0.29, 0.717) is 6.42 Å². The Bertz CT molecular complexity index is 547. The van der Waals surface area contributed by atoms with E-state index in [4.69, 9.17) is 0 Å². The lowest BCUT2D eigenvalue weighted by molar-refractivity contribution is 0.0941. The van der Waals surface area contributed by atoms with Crippen molar-refractivity contribution in [2.24, 2.45) is 5.41 Å². The zero-order valence-corrected chi connectivity index (χ0v) is 10.5. The number of carbonyl (C=O) groups excluding carboxylic acids is 1. The van der Waals surface area contributed by atoms with Gasteiger partial charge in [0.25, 0.3) is 0 Å². The molecule has 1 heterocycles. The molecule has 0 bridgehead atoms. The van der Waals surface area contributed by atoms with Gasteiger partial charge in [-0.2, -0.15) is 0 Å². The van der Waals surface area contributed by atoms with Crippen LogP contribution in [0.3, 0.4) is 0 Å². The second kappa shape index (κ2) is 4.28. The summed E-state index contributed by atoms with van der Waals surface area (Å²) in [7, 11) is 0. The number of aromatic nitrogens is 1. The number of fused-ring (bicyclic) bond motifs is 1. The molecule has 1 aromatic carbocycles. The quantitative estimate of drug-likeness (QED) is 0.729. The Hall–Kier alpha value is -1.70. The molecule has 1 aromatic heterocycles. The molecule has 0 saturated heterocycles. The third-order valence-corrected chi connectivity index (χ3v) is 2.67. The van der Waals surface area contributed by atoms with Crippen LogP contribution in [-0.2, 0) is 0 Å². The summed E-state index contributed by atoms with van der Waals surface area (Å²) in [6.07, 6.45) is 4.08. The minimum atomic E-state index is 0.0153. The maximum atomic E-state index is 12.2. The first kappa shape index (κ1) is 11.8. The van der Waals surface area contributed by atoms with Crippen molar-refractivity contribution >= 4 is 16.6 Å². The molecule has 0 saturated carbocycles. The summed E-state index contributed by atoms with van der Waals surface area (Å²) < 4.78 is 0. The number of hydrogen-bond donors (Lipinski definition) is 0. The fourth-order valence-corrected chi connectivity index (χ4v) is 1.93. The first-order chi connectivity index (χ1) is 7.97. The SMILES string of the molecule is CC(C)(C)CC(=O)c1cccc2ccncc12. The van der Waals surface area contributed by atoms with E-state index in [0.717, 1.165) is 16.3 Å². The van der Waals surface area contributed by atoms with E-state index in [-0.39, 0.29) is 11.2 Å². The Morgan fingerprint density at radius 1 is 1.24 bits per heavy atom. The molecule has 0 spiro atoms. The smallest absolute Gasteiger partial charge is 0.164 e. The number of carbonyl (C=O) groups is 1. The zero-order chi connectivity index (χ0) is 12.5. The van der Waals surface area contributed by atoms with E-state index in [2.05, 4.69) is 25.8 Å². The first-order valence-electron chi connectivity index (χ1n) is 5.83. The number of rotatable bonds is 2. The van der Waals surface area contributed by atoms with E-state index in [1.807, 2.05) is 24.3 Å². The molecule has 0 radical (unpaired) electrons. The maximum absolute atomic E-state index is 12.2. The van der Waals surface area contributed by atoms with Crippen molar-refractivity contribution in [3.63, 3.8) is 0 Å². The van der Waals surface area contributed by atoms with Gasteiger partial charge in [0.15, 0.2) is 5.78 Å². The van der Waals surface area contributed by atoms with E-state index >= 15 is 0 Å². The summed E-state index contributed by atoms with van der Waals surface area (Å²) in [6.45, 7) is 6.23. The van der Waals surface area contributed by atoms with Crippen LogP contribution in [0.4, 0.5) is 0 Å². The lowest BCUT2D eigenvalue weighted by Gasteiger charge is -2.17. The zero-order valence-electron chi connectivity index (χ0n) is 10.5. The number of ketones is 1. The van der Waals surface area contributed by atoms with Crippen molar-refractivity contribution in [2.75, 3.05) is 0 Å². The molecule has 0 aliphatic carbocycles. The molecule has 0 N–H and O–H groups in total. The van der Waals surface area contributed by atoms with Gasteiger partial charge in [-0.15, -0.1) is 0 Å². The monoisotopic (exact) mass is 227 g/mol. The van der Waals surface area contributed by atoms with Crippen molar-refractivity contribution in [3.8, 4) is 0 Å². The molecule has 0 unspecified atom stereocenters. The Morgan fingerprint density at radius 2 is 2.00 bits per heavy atom. The summed E-state index contributed by atoms with van der Waals surface area (Å²) in [5.41, 5.74) is 0.798. The molecule has 0 amide bonds. The Morgan fingerprint density at radius 3 is 2.71 bits per heavy atom. The molecular formula is C15H17NO. The van der Waals surface area contributed by atoms with Crippen LogP contribution in [0.15, 0.2) is 36.7 Å². The maximum Gasteiger partial charge on any atom is 0.164 e. The minimum Gasteiger partial charge on any atom is -0.294 e. The van der Waals surface area contributed by atoms with Gasteiger partial charge >= 0.3 is 0 Å². The van der Waals surface area contributed by atoms with E-state index < -0.39 is 0 Å². The topological polar surface area (TPSA) is 30.0 Å². The van der Waals surface area contributed by atoms with Crippen LogP contribution in [0.2, 0.25) is 0 Å². The number of benzene rings is 1. The third-order valence-electron chi connectivity index (χ3n) is 2.67. The van der Waals surface area contributed by atoms with Gasteiger partial charge in [-0.25, -0.2) is 0 Å². The number of Topliss-reactive ketones (excluding diaryl/α,β-unsaturated/α-hetero) is 1. The highest BCUT2D eigenvalue weighted by atomic mass is 16.1. The van der Waals surface area contributed by atoms with Gasteiger partial charge in [-0.1, -0.05) is 39.0 Å². The highest BCUT2D eigenvalue weighted by Gasteiger charge is 2.18. The van der Waals surface area contributed by atoms with Gasteiger partial charge in [0.1, 0.15) is 0 Å². The van der Waals surface area contributed by atoms with E-state index in [1.54, 1.807) is 12.4 Å². The van der Waals surface area contributed by atoms with Gasteiger partial charge in [-0.3, -0.25) is 9.78 Å². The molecule has 2 heteroatoms. The summed E-state index contributed by atoms with van der Waals surface area (Å²) >= 11 is 0. The van der Waals surface area contributed by atoms with Gasteiger partial charge in [0.2, 0.25) is 0 Å². The predicted molar refractivity (Wildman–Crippen MR) is 70.1 cm³/mol. The second-order valence-electron chi connectivity index (χ2n) is 5.56. The number of pyridine rings is 1. The molecule has 2 aromatic rings. The van der Waals surface area contributed by atoms with Crippen LogP contribution in [0.5, 0.6) is 0 Å². The summed E-state index contributed by atoms with van der Waals surface area (Å²) in [4.78, 5) is 16.3. The molecule has 0 fully saturated rings. The molecule has 0 atom stereocenters. The third kappa shape index (κ3) is 2.70. The standard InChI is InChI=1S/C15H17NO/c1-15(2,3)9-14(17)12-6-4-5-11-7-8-16-10-13(11)12/h4-8,10H,9H2,1-3H3. The summed E-state index contributed by atoms with van der Waals surface area (Å²) in [6, 6.07) is 7.75. The van der Waals surface area contributed by atoms with Crippen molar-refractivity contribution in [1.29, 1.82) is 0 Å². The fraction of sp³-hybridized carbons (Fsp3) is 0.333. The highest BCUT2D eigenvalue weighted by molar-refractivity contribution is 6.08. The molecule has 17 heavy (non-hydrogen) atoms. The first-order valence-corrected chi connectivity index (χ1v) is 5.83. The second-order valence-corrected chi connectivity index (χ2v) is 5.56. The van der Waals surface area contributed by atoms with Crippen molar-refractivity contribution < 1.29 is 4.79 Å². The largest absolute Gasteiger partial charge is 0.294 e. The highest BCUT2D eigenvalue weighted by Crippen LogP contribution is 2.25.